The summed E-state index contributed by atoms with van der Waals surface area (Å²) in [7, 11) is 0. The van der Waals surface area contributed by atoms with Gasteiger partial charge in [0.15, 0.2) is 0 Å². The molecule has 0 fully saturated rings. The summed E-state index contributed by atoms with van der Waals surface area (Å²) in [5.74, 6) is 0. The maximum absolute atomic E-state index is 2.41. The maximum Gasteiger partial charge on any atom is 0.0540 e. The molecule has 0 saturated heterocycles. The molecule has 0 spiro atoms. The quantitative estimate of drug-likeness (QED) is 0.141. The van der Waals surface area contributed by atoms with Crippen LogP contribution < -0.4 is 4.90 Å². The van der Waals surface area contributed by atoms with E-state index in [4.69, 9.17) is 0 Å². The van der Waals surface area contributed by atoms with Crippen molar-refractivity contribution in [2.75, 3.05) is 4.90 Å². The van der Waals surface area contributed by atoms with E-state index in [-0.39, 0.29) is 0 Å². The fourth-order valence-corrected chi connectivity index (χ4v) is 8.29. The molecule has 0 heterocycles. The van der Waals surface area contributed by atoms with Gasteiger partial charge < -0.3 is 4.90 Å². The highest BCUT2D eigenvalue weighted by Crippen LogP contribution is 2.44. The van der Waals surface area contributed by atoms with Gasteiger partial charge in [-0.1, -0.05) is 194 Å². The lowest BCUT2D eigenvalue weighted by Crippen LogP contribution is -2.11. The Labute approximate surface area is 334 Å². The third-order valence-corrected chi connectivity index (χ3v) is 11.1. The second-order valence-corrected chi connectivity index (χ2v) is 14.5. The van der Waals surface area contributed by atoms with Crippen molar-refractivity contribution in [3.05, 3.63) is 237 Å². The smallest absolute Gasteiger partial charge is 0.0540 e. The van der Waals surface area contributed by atoms with Crippen LogP contribution in [0, 0.1) is 0 Å². The number of anilines is 3. The zero-order chi connectivity index (χ0) is 38.0. The third kappa shape index (κ3) is 6.56. The van der Waals surface area contributed by atoms with Gasteiger partial charge in [0.2, 0.25) is 0 Å². The number of benzene rings is 10. The number of nitrogens with zero attached hydrogens (tertiary/aromatic N) is 1. The number of fused-ring (bicyclic) bond motifs is 3. The highest BCUT2D eigenvalue weighted by atomic mass is 15.1. The minimum atomic E-state index is 1.09. The minimum absolute atomic E-state index is 1.09. The first-order valence-corrected chi connectivity index (χ1v) is 19.6. The first kappa shape index (κ1) is 34.0. The second kappa shape index (κ2) is 15.0. The van der Waals surface area contributed by atoms with Gasteiger partial charge in [-0.15, -0.1) is 0 Å². The van der Waals surface area contributed by atoms with Gasteiger partial charge >= 0.3 is 0 Å². The largest absolute Gasteiger partial charge is 0.310 e. The topological polar surface area (TPSA) is 3.24 Å². The Kier molecular flexibility index (Phi) is 8.95. The van der Waals surface area contributed by atoms with Crippen LogP contribution in [0.3, 0.4) is 0 Å². The van der Waals surface area contributed by atoms with E-state index in [1.807, 2.05) is 0 Å². The lowest BCUT2D eigenvalue weighted by molar-refractivity contribution is 1.28. The van der Waals surface area contributed by atoms with Crippen LogP contribution in [0.4, 0.5) is 17.1 Å². The van der Waals surface area contributed by atoms with Crippen LogP contribution in [0.1, 0.15) is 0 Å². The molecule has 268 valence electrons. The Bertz CT molecular complexity index is 2970. The van der Waals surface area contributed by atoms with Crippen molar-refractivity contribution in [2.24, 2.45) is 0 Å². The lowest BCUT2D eigenvalue weighted by atomic mass is 9.93. The molecule has 0 aliphatic heterocycles. The van der Waals surface area contributed by atoms with Gasteiger partial charge in [0.05, 0.1) is 5.69 Å². The van der Waals surface area contributed by atoms with Crippen LogP contribution in [0.15, 0.2) is 237 Å². The minimum Gasteiger partial charge on any atom is -0.310 e. The molecule has 0 amide bonds. The molecule has 0 radical (unpaired) electrons. The summed E-state index contributed by atoms with van der Waals surface area (Å²) in [5, 5.41) is 5.06. The molecule has 0 aliphatic rings. The zero-order valence-corrected chi connectivity index (χ0v) is 31.5. The third-order valence-electron chi connectivity index (χ3n) is 11.1. The predicted octanol–water partition coefficient (Wildman–Crippen LogP) is 15.8. The molecule has 10 aromatic carbocycles. The Morgan fingerprint density at radius 2 is 0.649 bits per heavy atom. The van der Waals surface area contributed by atoms with Gasteiger partial charge in [-0.05, 0) is 114 Å². The standard InChI is InChI=1S/C56H39N/c1-4-16-40(17-5-1)45-32-37-56(55(38-45)42-20-8-3-9-21-42)57(47-33-28-43(29-34-47)50-24-13-12-23-49(50)41-18-6-2-7-19-41)48-35-30-44(31-36-48)54-39-46-22-10-11-25-51(46)52-26-14-15-27-53(52)54/h1-39H. The van der Waals surface area contributed by atoms with Gasteiger partial charge in [0.1, 0.15) is 0 Å². The Hall–Kier alpha value is -7.48. The predicted molar refractivity (Wildman–Crippen MR) is 243 cm³/mol. The number of hydrogen-bond acceptors (Lipinski definition) is 1. The van der Waals surface area contributed by atoms with Crippen molar-refractivity contribution < 1.29 is 0 Å². The SMILES string of the molecule is c1ccc(-c2ccc(N(c3ccc(-c4ccccc4-c4ccccc4)cc3)c3ccc(-c4cc5ccccc5c5ccccc45)cc3)c(-c3ccccc3)c2)cc1. The van der Waals surface area contributed by atoms with E-state index in [2.05, 4.69) is 241 Å². The molecule has 0 unspecified atom stereocenters. The van der Waals surface area contributed by atoms with Gasteiger partial charge in [0, 0.05) is 16.9 Å². The van der Waals surface area contributed by atoms with Crippen LogP contribution in [-0.4, -0.2) is 0 Å². The van der Waals surface area contributed by atoms with Gasteiger partial charge in [0.25, 0.3) is 0 Å². The van der Waals surface area contributed by atoms with E-state index in [0.29, 0.717) is 0 Å². The molecule has 0 aliphatic carbocycles. The summed E-state index contributed by atoms with van der Waals surface area (Å²) in [6, 6.07) is 85.6. The first-order valence-electron chi connectivity index (χ1n) is 19.6. The average molecular weight is 726 g/mol. The zero-order valence-electron chi connectivity index (χ0n) is 31.5. The summed E-state index contributed by atoms with van der Waals surface area (Å²) in [6.45, 7) is 0. The molecule has 57 heavy (non-hydrogen) atoms. The molecule has 0 saturated carbocycles. The van der Waals surface area contributed by atoms with Crippen molar-refractivity contribution in [1.82, 2.24) is 0 Å². The molecule has 0 aromatic heterocycles. The van der Waals surface area contributed by atoms with E-state index >= 15 is 0 Å². The summed E-state index contributed by atoms with van der Waals surface area (Å²) >= 11 is 0. The normalized spacial score (nSPS) is 11.2. The highest BCUT2D eigenvalue weighted by Gasteiger charge is 2.20. The van der Waals surface area contributed by atoms with E-state index in [1.54, 1.807) is 0 Å². The van der Waals surface area contributed by atoms with Gasteiger partial charge in [-0.2, -0.15) is 0 Å². The van der Waals surface area contributed by atoms with Crippen LogP contribution in [0.25, 0.3) is 77.2 Å². The molecule has 0 bridgehead atoms. The van der Waals surface area contributed by atoms with Crippen molar-refractivity contribution >= 4 is 38.6 Å². The molecule has 10 aromatic rings. The molecule has 1 heteroatoms. The highest BCUT2D eigenvalue weighted by molar-refractivity contribution is 6.13. The lowest BCUT2D eigenvalue weighted by Gasteiger charge is -2.29. The molecule has 1 nitrogen and oxygen atoms in total. The molecule has 10 rings (SSSR count). The van der Waals surface area contributed by atoms with Crippen LogP contribution in [-0.2, 0) is 0 Å². The summed E-state index contributed by atoms with van der Waals surface area (Å²) in [4.78, 5) is 2.41. The van der Waals surface area contributed by atoms with Crippen LogP contribution in [0.2, 0.25) is 0 Å². The van der Waals surface area contributed by atoms with E-state index in [9.17, 15) is 0 Å². The van der Waals surface area contributed by atoms with Crippen molar-refractivity contribution in [2.45, 2.75) is 0 Å². The monoisotopic (exact) mass is 725 g/mol. The van der Waals surface area contributed by atoms with Gasteiger partial charge in [-0.3, -0.25) is 0 Å². The Morgan fingerprint density at radius 1 is 0.228 bits per heavy atom. The van der Waals surface area contributed by atoms with E-state index in [0.717, 1.165) is 17.1 Å². The molecule has 0 N–H and O–H groups in total. The molecule has 0 atom stereocenters. The van der Waals surface area contributed by atoms with E-state index in [1.165, 1.54) is 77.2 Å². The maximum atomic E-state index is 2.41. The summed E-state index contributed by atoms with van der Waals surface area (Å²) in [6.07, 6.45) is 0. The van der Waals surface area contributed by atoms with E-state index < -0.39 is 0 Å². The number of rotatable bonds is 8. The van der Waals surface area contributed by atoms with Crippen molar-refractivity contribution in [3.8, 4) is 55.6 Å². The fourth-order valence-electron chi connectivity index (χ4n) is 8.29. The van der Waals surface area contributed by atoms with Crippen molar-refractivity contribution in [3.63, 3.8) is 0 Å². The van der Waals surface area contributed by atoms with Crippen LogP contribution in [0.5, 0.6) is 0 Å². The molecular formula is C56H39N. The van der Waals surface area contributed by atoms with Crippen LogP contribution >= 0.6 is 0 Å². The second-order valence-electron chi connectivity index (χ2n) is 14.5. The Balaban J connectivity index is 1.13. The number of hydrogen-bond donors (Lipinski definition) is 0. The molecular weight excluding hydrogens is 687 g/mol. The average Bonchev–Trinajstić information content (AvgIpc) is 3.30. The van der Waals surface area contributed by atoms with Crippen molar-refractivity contribution in [1.29, 1.82) is 0 Å². The Morgan fingerprint density at radius 3 is 1.25 bits per heavy atom. The fraction of sp³-hybridized carbons (Fsp3) is 0. The summed E-state index contributed by atoms with van der Waals surface area (Å²) < 4.78 is 0. The first-order chi connectivity index (χ1) is 28.3. The van der Waals surface area contributed by atoms with Gasteiger partial charge in [-0.25, -0.2) is 0 Å². The summed E-state index contributed by atoms with van der Waals surface area (Å²) in [5.41, 5.74) is 15.3.